The molecule has 0 unspecified atom stereocenters. The van der Waals surface area contributed by atoms with Crippen LogP contribution in [-0.4, -0.2) is 35.3 Å². The summed E-state index contributed by atoms with van der Waals surface area (Å²) in [6, 6.07) is 0. The van der Waals surface area contributed by atoms with Gasteiger partial charge in [-0.3, -0.25) is 19.3 Å². The van der Waals surface area contributed by atoms with Crippen LogP contribution in [0.4, 0.5) is 0 Å². The largest absolute Gasteiger partial charge is 0.458 e. The zero-order valence-electron chi connectivity index (χ0n) is 15.5. The second kappa shape index (κ2) is 6.93. The van der Waals surface area contributed by atoms with E-state index in [2.05, 4.69) is 20.8 Å². The van der Waals surface area contributed by atoms with E-state index in [1.54, 1.807) is 0 Å². The van der Waals surface area contributed by atoms with Crippen molar-refractivity contribution in [3.05, 3.63) is 11.6 Å². The standard InChI is InChI=1S/C20H29NO4/c1-13-10-14(12-20(2,3)11-13)25-17(22)8-9-21-18(23)15-6-4-5-7-16(15)19(21)24/h10,14-16H,4-9,11-12H2,1-3H3/t14-,15-,16+/m0/s1. The van der Waals surface area contributed by atoms with Gasteiger partial charge in [-0.15, -0.1) is 0 Å². The minimum atomic E-state index is -0.331. The fraction of sp³-hybridized carbons (Fsp3) is 0.750. The molecule has 2 amide bonds. The molecule has 3 atom stereocenters. The van der Waals surface area contributed by atoms with Gasteiger partial charge in [-0.2, -0.15) is 0 Å². The van der Waals surface area contributed by atoms with Crippen molar-refractivity contribution in [1.82, 2.24) is 4.90 Å². The van der Waals surface area contributed by atoms with Gasteiger partial charge in [0.2, 0.25) is 11.8 Å². The van der Waals surface area contributed by atoms with Crippen LogP contribution in [-0.2, 0) is 19.1 Å². The van der Waals surface area contributed by atoms with E-state index in [4.69, 9.17) is 4.74 Å². The third-order valence-corrected chi connectivity index (χ3v) is 5.74. The van der Waals surface area contributed by atoms with Crippen LogP contribution < -0.4 is 0 Å². The highest BCUT2D eigenvalue weighted by Gasteiger charge is 2.47. The molecule has 0 aromatic carbocycles. The van der Waals surface area contributed by atoms with Gasteiger partial charge in [0.05, 0.1) is 18.3 Å². The number of likely N-dealkylation sites (tertiary alicyclic amines) is 1. The molecular weight excluding hydrogens is 318 g/mol. The van der Waals surface area contributed by atoms with Crippen LogP contribution in [0, 0.1) is 17.3 Å². The maximum atomic E-state index is 12.4. The topological polar surface area (TPSA) is 63.7 Å². The van der Waals surface area contributed by atoms with Gasteiger partial charge in [0.1, 0.15) is 6.10 Å². The summed E-state index contributed by atoms with van der Waals surface area (Å²) in [5.41, 5.74) is 1.36. The number of hydrogen-bond acceptors (Lipinski definition) is 4. The smallest absolute Gasteiger partial charge is 0.308 e. The van der Waals surface area contributed by atoms with E-state index in [1.165, 1.54) is 10.5 Å². The number of allylic oxidation sites excluding steroid dienone is 1. The molecule has 2 aliphatic carbocycles. The third kappa shape index (κ3) is 3.96. The summed E-state index contributed by atoms with van der Waals surface area (Å²) in [7, 11) is 0. The highest BCUT2D eigenvalue weighted by Crippen LogP contribution is 2.38. The van der Waals surface area contributed by atoms with E-state index in [-0.39, 0.29) is 54.1 Å². The maximum Gasteiger partial charge on any atom is 0.308 e. The van der Waals surface area contributed by atoms with Gasteiger partial charge in [-0.1, -0.05) is 32.3 Å². The Morgan fingerprint density at radius 3 is 2.36 bits per heavy atom. The molecule has 138 valence electrons. The first-order chi connectivity index (χ1) is 11.8. The van der Waals surface area contributed by atoms with Crippen LogP contribution in [0.25, 0.3) is 0 Å². The monoisotopic (exact) mass is 347 g/mol. The number of ether oxygens (including phenoxy) is 1. The number of fused-ring (bicyclic) bond motifs is 1. The van der Waals surface area contributed by atoms with Crippen molar-refractivity contribution < 1.29 is 19.1 Å². The Bertz CT molecular complexity index is 583. The third-order valence-electron chi connectivity index (χ3n) is 5.74. The Morgan fingerprint density at radius 2 is 1.80 bits per heavy atom. The number of hydrogen-bond donors (Lipinski definition) is 0. The van der Waals surface area contributed by atoms with E-state index in [0.717, 1.165) is 38.5 Å². The quantitative estimate of drug-likeness (QED) is 0.445. The molecule has 3 rings (SSSR count). The normalized spacial score (nSPS) is 31.6. The molecule has 0 aromatic rings. The molecule has 1 heterocycles. The van der Waals surface area contributed by atoms with E-state index in [9.17, 15) is 14.4 Å². The summed E-state index contributed by atoms with van der Waals surface area (Å²) in [6.45, 7) is 6.56. The van der Waals surface area contributed by atoms with Crippen LogP contribution in [0.3, 0.4) is 0 Å². The first-order valence-corrected chi connectivity index (χ1v) is 9.49. The van der Waals surface area contributed by atoms with Crippen molar-refractivity contribution in [2.24, 2.45) is 17.3 Å². The minimum absolute atomic E-state index is 0.0841. The molecular formula is C20H29NO4. The number of imide groups is 1. The number of amides is 2. The summed E-state index contributed by atoms with van der Waals surface area (Å²) in [6.07, 6.45) is 7.35. The highest BCUT2D eigenvalue weighted by molar-refractivity contribution is 6.05. The molecule has 5 nitrogen and oxygen atoms in total. The van der Waals surface area contributed by atoms with E-state index >= 15 is 0 Å². The van der Waals surface area contributed by atoms with Crippen molar-refractivity contribution >= 4 is 17.8 Å². The average Bonchev–Trinajstić information content (AvgIpc) is 2.75. The Balaban J connectivity index is 1.53. The van der Waals surface area contributed by atoms with Crippen LogP contribution in [0.15, 0.2) is 11.6 Å². The van der Waals surface area contributed by atoms with Crippen molar-refractivity contribution in [3.63, 3.8) is 0 Å². The van der Waals surface area contributed by atoms with Gasteiger partial charge in [0, 0.05) is 6.54 Å². The number of nitrogens with zero attached hydrogens (tertiary/aromatic N) is 1. The van der Waals surface area contributed by atoms with E-state index in [1.807, 2.05) is 6.08 Å². The molecule has 0 bridgehead atoms. The predicted molar refractivity (Wildman–Crippen MR) is 93.4 cm³/mol. The molecule has 5 heteroatoms. The number of carbonyl (C=O) groups is 3. The second-order valence-electron chi connectivity index (χ2n) is 8.66. The molecule has 1 aliphatic heterocycles. The SMILES string of the molecule is CC1=C[C@H](OC(=O)CCN2C(=O)[C@H]3CCCC[C@H]3C2=O)CC(C)(C)C1. The Labute approximate surface area is 149 Å². The molecule has 25 heavy (non-hydrogen) atoms. The second-order valence-corrected chi connectivity index (χ2v) is 8.66. The lowest BCUT2D eigenvalue weighted by Crippen LogP contribution is -2.34. The summed E-state index contributed by atoms with van der Waals surface area (Å²) in [5, 5.41) is 0. The summed E-state index contributed by atoms with van der Waals surface area (Å²) in [4.78, 5) is 38.4. The molecule has 2 fully saturated rings. The Morgan fingerprint density at radius 1 is 1.20 bits per heavy atom. The van der Waals surface area contributed by atoms with Crippen LogP contribution in [0.2, 0.25) is 0 Å². The Hall–Kier alpha value is -1.65. The lowest BCUT2D eigenvalue weighted by atomic mass is 9.76. The van der Waals surface area contributed by atoms with Crippen LogP contribution in [0.5, 0.6) is 0 Å². The van der Waals surface area contributed by atoms with Crippen molar-refractivity contribution in [2.45, 2.75) is 71.8 Å². The number of rotatable bonds is 4. The van der Waals surface area contributed by atoms with E-state index < -0.39 is 0 Å². The lowest BCUT2D eigenvalue weighted by molar-refractivity contribution is -0.149. The number of carbonyl (C=O) groups excluding carboxylic acids is 3. The van der Waals surface area contributed by atoms with Gasteiger partial charge < -0.3 is 4.74 Å². The predicted octanol–water partition coefficient (Wildman–Crippen LogP) is 3.23. The highest BCUT2D eigenvalue weighted by atomic mass is 16.5. The first kappa shape index (κ1) is 18.2. The van der Waals surface area contributed by atoms with Gasteiger partial charge in [-0.05, 0) is 44.1 Å². The molecule has 0 aromatic heterocycles. The van der Waals surface area contributed by atoms with Crippen LogP contribution >= 0.6 is 0 Å². The van der Waals surface area contributed by atoms with Gasteiger partial charge >= 0.3 is 5.97 Å². The van der Waals surface area contributed by atoms with Crippen molar-refractivity contribution in [1.29, 1.82) is 0 Å². The Kier molecular flexibility index (Phi) is 5.03. The molecule has 0 spiro atoms. The maximum absolute atomic E-state index is 12.4. The minimum Gasteiger partial charge on any atom is -0.458 e. The molecule has 1 saturated heterocycles. The molecule has 0 radical (unpaired) electrons. The molecule has 0 N–H and O–H groups in total. The average molecular weight is 347 g/mol. The van der Waals surface area contributed by atoms with Gasteiger partial charge in [0.15, 0.2) is 0 Å². The number of esters is 1. The summed E-state index contributed by atoms with van der Waals surface area (Å²) in [5.74, 6) is -0.805. The van der Waals surface area contributed by atoms with Gasteiger partial charge in [-0.25, -0.2) is 0 Å². The van der Waals surface area contributed by atoms with Crippen molar-refractivity contribution in [3.8, 4) is 0 Å². The summed E-state index contributed by atoms with van der Waals surface area (Å²) >= 11 is 0. The van der Waals surface area contributed by atoms with Crippen molar-refractivity contribution in [2.75, 3.05) is 6.54 Å². The van der Waals surface area contributed by atoms with E-state index in [0.29, 0.717) is 0 Å². The lowest BCUT2D eigenvalue weighted by Gasteiger charge is -2.33. The fourth-order valence-electron chi connectivity index (χ4n) is 4.76. The fourth-order valence-corrected chi connectivity index (χ4v) is 4.76. The first-order valence-electron chi connectivity index (χ1n) is 9.49. The molecule has 3 aliphatic rings. The molecule has 1 saturated carbocycles. The van der Waals surface area contributed by atoms with Gasteiger partial charge in [0.25, 0.3) is 0 Å². The summed E-state index contributed by atoms with van der Waals surface area (Å²) < 4.78 is 5.58. The van der Waals surface area contributed by atoms with Crippen LogP contribution in [0.1, 0.15) is 65.7 Å². The zero-order valence-corrected chi connectivity index (χ0v) is 15.5. The zero-order chi connectivity index (χ0) is 18.2.